The van der Waals surface area contributed by atoms with Gasteiger partial charge < -0.3 is 20.1 Å². The maximum Gasteiger partial charge on any atom is 0.271 e. The number of hydrazone groups is 1. The van der Waals surface area contributed by atoms with Crippen LogP contribution in [0.5, 0.6) is 11.5 Å². The highest BCUT2D eigenvalue weighted by atomic mass is 127. The molecule has 0 aliphatic rings. The van der Waals surface area contributed by atoms with Gasteiger partial charge in [0, 0.05) is 32.9 Å². The summed E-state index contributed by atoms with van der Waals surface area (Å²) in [5, 5.41) is 13.6. The monoisotopic (exact) mass is 779 g/mol. The predicted octanol–water partition coefficient (Wildman–Crippen LogP) is 8.61. The first kappa shape index (κ1) is 33.9. The second-order valence-electron chi connectivity index (χ2n) is 10.4. The minimum atomic E-state index is -0.353. The van der Waals surface area contributed by atoms with E-state index >= 15 is 0 Å². The minimum absolute atomic E-state index is 0.224. The van der Waals surface area contributed by atoms with Crippen molar-refractivity contribution in [2.75, 3.05) is 23.8 Å². The minimum Gasteiger partial charge on any atom is -0.490 e. The summed E-state index contributed by atoms with van der Waals surface area (Å²) < 4.78 is 12.3. The zero-order valence-corrected chi connectivity index (χ0v) is 29.5. The molecule has 0 aliphatic carbocycles. The molecule has 1 heterocycles. The fourth-order valence-electron chi connectivity index (χ4n) is 4.32. The summed E-state index contributed by atoms with van der Waals surface area (Å²) in [5.41, 5.74) is 9.09. The van der Waals surface area contributed by atoms with Crippen molar-refractivity contribution in [3.05, 3.63) is 115 Å². The van der Waals surface area contributed by atoms with E-state index in [9.17, 15) is 9.59 Å². The predicted molar refractivity (Wildman–Crippen MR) is 198 cm³/mol. The third-order valence-corrected chi connectivity index (χ3v) is 8.73. The van der Waals surface area contributed by atoms with Crippen LogP contribution in [0.1, 0.15) is 34.0 Å². The molecule has 0 fully saturated rings. The first-order chi connectivity index (χ1) is 22.7. The van der Waals surface area contributed by atoms with E-state index in [1.54, 1.807) is 30.3 Å². The van der Waals surface area contributed by atoms with Crippen LogP contribution in [0.4, 0.5) is 16.5 Å². The number of nitrogens with zero attached hydrogens (tertiary/aromatic N) is 2. The van der Waals surface area contributed by atoms with Crippen molar-refractivity contribution in [1.29, 1.82) is 0 Å². The molecule has 1 aromatic heterocycles. The number of carbonyl (C=O) groups is 2. The lowest BCUT2D eigenvalue weighted by Crippen LogP contribution is -2.20. The summed E-state index contributed by atoms with van der Waals surface area (Å²) in [6.07, 6.45) is 1.52. The van der Waals surface area contributed by atoms with Crippen LogP contribution in [-0.4, -0.2) is 36.2 Å². The van der Waals surface area contributed by atoms with Crippen molar-refractivity contribution >= 4 is 80.1 Å². The smallest absolute Gasteiger partial charge is 0.271 e. The number of ether oxygens (including phenoxy) is 2. The SMILES string of the molecule is CCOc1cc(/C=N/NC(=O)c2ccc(-c3csc(Nc4ccc(C)cc4)n3)cc2)cc(I)c1OCC(=O)Nc1ccc(C)c(Cl)c1. The van der Waals surface area contributed by atoms with Crippen LogP contribution in [-0.2, 0) is 4.79 Å². The maximum atomic E-state index is 12.8. The second-order valence-corrected chi connectivity index (χ2v) is 12.8. The van der Waals surface area contributed by atoms with Crippen molar-refractivity contribution in [3.63, 3.8) is 0 Å². The fourth-order valence-corrected chi connectivity index (χ4v) is 6.02. The van der Waals surface area contributed by atoms with E-state index in [0.717, 1.165) is 27.6 Å². The quantitative estimate of drug-likeness (QED) is 0.0664. The van der Waals surface area contributed by atoms with E-state index < -0.39 is 0 Å². The largest absolute Gasteiger partial charge is 0.490 e. The Hall–Kier alpha value is -4.46. The molecule has 0 bridgehead atoms. The van der Waals surface area contributed by atoms with Crippen LogP contribution in [0.25, 0.3) is 11.3 Å². The third kappa shape index (κ3) is 9.31. The van der Waals surface area contributed by atoms with Gasteiger partial charge in [-0.1, -0.05) is 47.5 Å². The summed E-state index contributed by atoms with van der Waals surface area (Å²) in [6.45, 7) is 5.96. The zero-order chi connectivity index (χ0) is 33.3. The molecule has 0 spiro atoms. The van der Waals surface area contributed by atoms with Crippen LogP contribution in [0, 0.1) is 17.4 Å². The molecule has 240 valence electrons. The Morgan fingerprint density at radius 1 is 0.979 bits per heavy atom. The van der Waals surface area contributed by atoms with E-state index in [1.807, 2.05) is 74.7 Å². The third-order valence-electron chi connectivity index (χ3n) is 6.76. The number of nitrogens with one attached hydrogen (secondary N) is 3. The Bertz CT molecular complexity index is 1910. The topological polar surface area (TPSA) is 114 Å². The Labute approximate surface area is 295 Å². The highest BCUT2D eigenvalue weighted by molar-refractivity contribution is 14.1. The van der Waals surface area contributed by atoms with Gasteiger partial charge in [-0.3, -0.25) is 9.59 Å². The molecule has 2 amide bonds. The van der Waals surface area contributed by atoms with Gasteiger partial charge in [0.05, 0.1) is 22.1 Å². The molecule has 0 radical (unpaired) electrons. The maximum absolute atomic E-state index is 12.8. The van der Waals surface area contributed by atoms with Gasteiger partial charge in [-0.25, -0.2) is 10.4 Å². The molecule has 0 unspecified atom stereocenters. The van der Waals surface area contributed by atoms with E-state index in [0.29, 0.717) is 43.5 Å². The molecular weight excluding hydrogens is 749 g/mol. The molecule has 47 heavy (non-hydrogen) atoms. The van der Waals surface area contributed by atoms with Crippen molar-refractivity contribution < 1.29 is 19.1 Å². The van der Waals surface area contributed by atoms with E-state index in [2.05, 4.69) is 48.7 Å². The molecule has 0 saturated heterocycles. The summed E-state index contributed by atoms with van der Waals surface area (Å²) in [7, 11) is 0. The Kier molecular flexibility index (Phi) is 11.5. The number of amides is 2. The van der Waals surface area contributed by atoms with Gasteiger partial charge in [-0.2, -0.15) is 5.10 Å². The van der Waals surface area contributed by atoms with Gasteiger partial charge in [0.15, 0.2) is 23.2 Å². The van der Waals surface area contributed by atoms with Gasteiger partial charge in [-0.05, 0) is 103 Å². The van der Waals surface area contributed by atoms with Crippen LogP contribution >= 0.6 is 45.5 Å². The average Bonchev–Trinajstić information content (AvgIpc) is 3.52. The highest BCUT2D eigenvalue weighted by Gasteiger charge is 2.15. The summed E-state index contributed by atoms with van der Waals surface area (Å²) >= 11 is 9.78. The number of thiazole rings is 1. The molecule has 9 nitrogen and oxygen atoms in total. The van der Waals surface area contributed by atoms with Gasteiger partial charge in [0.25, 0.3) is 11.8 Å². The highest BCUT2D eigenvalue weighted by Crippen LogP contribution is 2.34. The van der Waals surface area contributed by atoms with Crippen LogP contribution in [0.2, 0.25) is 5.02 Å². The first-order valence-corrected chi connectivity index (χ1v) is 16.9. The lowest BCUT2D eigenvalue weighted by molar-refractivity contribution is -0.118. The van der Waals surface area contributed by atoms with Gasteiger partial charge in [-0.15, -0.1) is 11.3 Å². The Balaban J connectivity index is 1.17. The number of rotatable bonds is 12. The molecule has 0 aliphatic heterocycles. The number of carbonyl (C=O) groups excluding carboxylic acids is 2. The Morgan fingerprint density at radius 2 is 1.72 bits per heavy atom. The van der Waals surface area contributed by atoms with E-state index in [-0.39, 0.29) is 18.4 Å². The standard InChI is InChI=1S/C35H31ClIN5O4S/c1-4-45-31-16-23(15-29(37)33(31)46-19-32(43)39-27-14-7-22(3)28(36)17-27)18-38-42-34(44)25-10-8-24(9-11-25)30-20-47-35(41-30)40-26-12-5-21(2)6-13-26/h5-18,20H,4,19H2,1-3H3,(H,39,43)(H,40,41)(H,42,44)/b38-18+. The summed E-state index contributed by atoms with van der Waals surface area (Å²) in [5.74, 6) is 0.196. The normalized spacial score (nSPS) is 10.9. The number of hydrogen-bond donors (Lipinski definition) is 3. The van der Waals surface area contributed by atoms with Gasteiger partial charge in [0.1, 0.15) is 0 Å². The van der Waals surface area contributed by atoms with Gasteiger partial charge >= 0.3 is 0 Å². The lowest BCUT2D eigenvalue weighted by atomic mass is 10.1. The van der Waals surface area contributed by atoms with Crippen LogP contribution < -0.4 is 25.5 Å². The summed E-state index contributed by atoms with van der Waals surface area (Å²) in [4.78, 5) is 30.0. The molecule has 5 aromatic rings. The number of aromatic nitrogens is 1. The van der Waals surface area contributed by atoms with Crippen molar-refractivity contribution in [2.45, 2.75) is 20.8 Å². The number of hydrogen-bond acceptors (Lipinski definition) is 8. The average molecular weight is 780 g/mol. The number of anilines is 3. The fraction of sp³-hybridized carbons (Fsp3) is 0.143. The molecule has 12 heteroatoms. The number of halogens is 2. The Morgan fingerprint density at radius 3 is 2.45 bits per heavy atom. The van der Waals surface area contributed by atoms with Gasteiger partial charge in [0.2, 0.25) is 0 Å². The van der Waals surface area contributed by atoms with Crippen molar-refractivity contribution in [2.24, 2.45) is 5.10 Å². The first-order valence-electron chi connectivity index (χ1n) is 14.6. The number of benzene rings is 4. The van der Waals surface area contributed by atoms with Crippen molar-refractivity contribution in [3.8, 4) is 22.8 Å². The molecule has 3 N–H and O–H groups in total. The molecular formula is C35H31ClIN5O4S. The van der Waals surface area contributed by atoms with E-state index in [1.165, 1.54) is 23.1 Å². The lowest BCUT2D eigenvalue weighted by Gasteiger charge is -2.15. The summed E-state index contributed by atoms with van der Waals surface area (Å²) in [6, 6.07) is 24.2. The molecule has 5 rings (SSSR count). The van der Waals surface area contributed by atoms with E-state index in [4.69, 9.17) is 21.1 Å². The zero-order valence-electron chi connectivity index (χ0n) is 25.8. The second kappa shape index (κ2) is 15.9. The van der Waals surface area contributed by atoms with Crippen molar-refractivity contribution in [1.82, 2.24) is 10.4 Å². The van der Waals surface area contributed by atoms with Crippen LogP contribution in [0.15, 0.2) is 89.3 Å². The number of aryl methyl sites for hydroxylation is 2. The molecule has 0 atom stereocenters. The molecule has 0 saturated carbocycles. The van der Waals surface area contributed by atoms with Crippen LogP contribution in [0.3, 0.4) is 0 Å². The molecule has 4 aromatic carbocycles.